The molecule has 0 saturated heterocycles. The first kappa shape index (κ1) is 7.03. The van der Waals surface area contributed by atoms with E-state index in [1.54, 1.807) is 12.1 Å². The first-order chi connectivity index (χ1) is 5.83. The largest absolute Gasteiger partial charge is 0.325 e. The summed E-state index contributed by atoms with van der Waals surface area (Å²) < 4.78 is 0. The van der Waals surface area contributed by atoms with Crippen LogP contribution in [0.3, 0.4) is 0 Å². The lowest BCUT2D eigenvalue weighted by Gasteiger charge is -1.96. The standard InChI is InChI=1S/C9H7NO2/c11-5-7-6-3-1-2-4-8(6)10-9(7)12/h1-5,7H,(H,10,12)/t7-/m0/s1. The number of benzene rings is 1. The number of amides is 1. The van der Waals surface area contributed by atoms with Gasteiger partial charge in [0.25, 0.3) is 0 Å². The third-order valence-corrected chi connectivity index (χ3v) is 1.97. The van der Waals surface area contributed by atoms with Gasteiger partial charge in [0.1, 0.15) is 12.2 Å². The fourth-order valence-electron chi connectivity index (χ4n) is 1.37. The Labute approximate surface area is 69.4 Å². The highest BCUT2D eigenvalue weighted by Gasteiger charge is 2.29. The van der Waals surface area contributed by atoms with Crippen LogP contribution in [0.15, 0.2) is 24.3 Å². The van der Waals surface area contributed by atoms with Gasteiger partial charge in [0, 0.05) is 5.69 Å². The Morgan fingerprint density at radius 2 is 2.08 bits per heavy atom. The van der Waals surface area contributed by atoms with Gasteiger partial charge in [-0.2, -0.15) is 0 Å². The Morgan fingerprint density at radius 1 is 1.33 bits per heavy atom. The summed E-state index contributed by atoms with van der Waals surface area (Å²) in [4.78, 5) is 21.6. The van der Waals surface area contributed by atoms with Gasteiger partial charge in [0.2, 0.25) is 5.91 Å². The predicted molar refractivity (Wildman–Crippen MR) is 43.9 cm³/mol. The molecule has 0 saturated carbocycles. The van der Waals surface area contributed by atoms with Gasteiger partial charge in [-0.15, -0.1) is 0 Å². The molecule has 1 amide bonds. The maximum Gasteiger partial charge on any atom is 0.239 e. The number of carbonyl (C=O) groups is 2. The van der Waals surface area contributed by atoms with Crippen LogP contribution in [0.25, 0.3) is 0 Å². The van der Waals surface area contributed by atoms with Gasteiger partial charge in [-0.05, 0) is 11.6 Å². The van der Waals surface area contributed by atoms with E-state index < -0.39 is 5.92 Å². The number of hydrogen-bond acceptors (Lipinski definition) is 2. The Hall–Kier alpha value is -1.64. The molecule has 60 valence electrons. The van der Waals surface area contributed by atoms with Crippen molar-refractivity contribution in [1.82, 2.24) is 0 Å². The predicted octanol–water partition coefficient (Wildman–Crippen LogP) is 0.921. The van der Waals surface area contributed by atoms with Crippen LogP contribution in [0.4, 0.5) is 5.69 Å². The summed E-state index contributed by atoms with van der Waals surface area (Å²) in [5.74, 6) is -0.840. The number of fused-ring (bicyclic) bond motifs is 1. The van der Waals surface area contributed by atoms with E-state index in [0.717, 1.165) is 11.3 Å². The van der Waals surface area contributed by atoms with E-state index in [1.807, 2.05) is 12.1 Å². The molecule has 1 atom stereocenters. The summed E-state index contributed by atoms with van der Waals surface area (Å²) in [5.41, 5.74) is 1.53. The molecule has 1 heterocycles. The van der Waals surface area contributed by atoms with Crippen LogP contribution in [0.2, 0.25) is 0 Å². The zero-order valence-electron chi connectivity index (χ0n) is 6.28. The molecule has 0 spiro atoms. The minimum Gasteiger partial charge on any atom is -0.325 e. The molecule has 1 aliphatic heterocycles. The van der Waals surface area contributed by atoms with Crippen molar-refractivity contribution in [3.63, 3.8) is 0 Å². The lowest BCUT2D eigenvalue weighted by molar-refractivity contribution is -0.121. The minimum atomic E-state index is -0.610. The number of aldehydes is 1. The van der Waals surface area contributed by atoms with E-state index in [0.29, 0.717) is 6.29 Å². The first-order valence-electron chi connectivity index (χ1n) is 3.68. The van der Waals surface area contributed by atoms with Gasteiger partial charge in [-0.1, -0.05) is 18.2 Å². The van der Waals surface area contributed by atoms with Crippen LogP contribution in [-0.2, 0) is 9.59 Å². The maximum absolute atomic E-state index is 11.1. The summed E-state index contributed by atoms with van der Waals surface area (Å²) in [5, 5.41) is 2.63. The van der Waals surface area contributed by atoms with E-state index in [2.05, 4.69) is 5.32 Å². The van der Waals surface area contributed by atoms with Crippen LogP contribution in [0.1, 0.15) is 11.5 Å². The zero-order valence-corrected chi connectivity index (χ0v) is 6.28. The lowest BCUT2D eigenvalue weighted by atomic mass is 10.0. The monoisotopic (exact) mass is 161 g/mol. The van der Waals surface area contributed by atoms with Crippen molar-refractivity contribution >= 4 is 17.9 Å². The van der Waals surface area contributed by atoms with Crippen molar-refractivity contribution in [3.8, 4) is 0 Å². The summed E-state index contributed by atoms with van der Waals surface area (Å²) in [6.45, 7) is 0. The topological polar surface area (TPSA) is 46.2 Å². The molecule has 0 fully saturated rings. The van der Waals surface area contributed by atoms with E-state index in [-0.39, 0.29) is 5.91 Å². The number of hydrogen-bond donors (Lipinski definition) is 1. The average molecular weight is 161 g/mol. The van der Waals surface area contributed by atoms with E-state index in [9.17, 15) is 9.59 Å². The smallest absolute Gasteiger partial charge is 0.239 e. The van der Waals surface area contributed by atoms with Crippen molar-refractivity contribution in [1.29, 1.82) is 0 Å². The summed E-state index contributed by atoms with van der Waals surface area (Å²) in [7, 11) is 0. The highest BCUT2D eigenvalue weighted by Crippen LogP contribution is 2.30. The highest BCUT2D eigenvalue weighted by molar-refractivity contribution is 6.11. The second-order valence-electron chi connectivity index (χ2n) is 2.69. The second kappa shape index (κ2) is 2.44. The molecular weight excluding hydrogens is 154 g/mol. The van der Waals surface area contributed by atoms with Gasteiger partial charge in [0.15, 0.2) is 0 Å². The fraction of sp³-hybridized carbons (Fsp3) is 0.111. The Bertz CT molecular complexity index is 346. The van der Waals surface area contributed by atoms with Crippen molar-refractivity contribution in [2.24, 2.45) is 0 Å². The van der Waals surface area contributed by atoms with E-state index in [1.165, 1.54) is 0 Å². The van der Waals surface area contributed by atoms with E-state index in [4.69, 9.17) is 0 Å². The molecule has 12 heavy (non-hydrogen) atoms. The van der Waals surface area contributed by atoms with Crippen LogP contribution < -0.4 is 5.32 Å². The Balaban J connectivity index is 2.54. The lowest BCUT2D eigenvalue weighted by Crippen LogP contribution is -2.12. The molecule has 3 heteroatoms. The molecule has 1 aromatic rings. The molecule has 0 unspecified atom stereocenters. The summed E-state index contributed by atoms with van der Waals surface area (Å²) in [6, 6.07) is 7.21. The zero-order chi connectivity index (χ0) is 8.55. The van der Waals surface area contributed by atoms with Crippen LogP contribution >= 0.6 is 0 Å². The van der Waals surface area contributed by atoms with Gasteiger partial charge < -0.3 is 10.1 Å². The third kappa shape index (κ3) is 0.830. The fourth-order valence-corrected chi connectivity index (χ4v) is 1.37. The number of anilines is 1. The number of nitrogens with one attached hydrogen (secondary N) is 1. The van der Waals surface area contributed by atoms with Crippen molar-refractivity contribution in [2.75, 3.05) is 5.32 Å². The van der Waals surface area contributed by atoms with Crippen LogP contribution in [-0.4, -0.2) is 12.2 Å². The van der Waals surface area contributed by atoms with Crippen LogP contribution in [0, 0.1) is 0 Å². The SMILES string of the molecule is O=C[C@@H]1C(=O)Nc2ccccc21. The third-order valence-electron chi connectivity index (χ3n) is 1.97. The molecule has 0 bridgehead atoms. The van der Waals surface area contributed by atoms with Gasteiger partial charge in [0.05, 0.1) is 0 Å². The van der Waals surface area contributed by atoms with E-state index >= 15 is 0 Å². The quantitative estimate of drug-likeness (QED) is 0.491. The molecule has 0 aromatic heterocycles. The molecule has 3 nitrogen and oxygen atoms in total. The number of carbonyl (C=O) groups excluding carboxylic acids is 2. The molecule has 2 rings (SSSR count). The molecule has 1 aliphatic rings. The first-order valence-corrected chi connectivity index (χ1v) is 3.68. The summed E-state index contributed by atoms with van der Waals surface area (Å²) in [6.07, 6.45) is 0.668. The highest BCUT2D eigenvalue weighted by atomic mass is 16.2. The molecule has 1 N–H and O–H groups in total. The molecule has 1 aromatic carbocycles. The van der Waals surface area contributed by atoms with Gasteiger partial charge in [-0.3, -0.25) is 4.79 Å². The Morgan fingerprint density at radius 3 is 2.83 bits per heavy atom. The molecule has 0 radical (unpaired) electrons. The molecule has 0 aliphatic carbocycles. The number of rotatable bonds is 1. The summed E-state index contributed by atoms with van der Waals surface area (Å²) >= 11 is 0. The van der Waals surface area contributed by atoms with Crippen molar-refractivity contribution < 1.29 is 9.59 Å². The van der Waals surface area contributed by atoms with Crippen molar-refractivity contribution in [3.05, 3.63) is 29.8 Å². The van der Waals surface area contributed by atoms with Crippen LogP contribution in [0.5, 0.6) is 0 Å². The minimum absolute atomic E-state index is 0.230. The maximum atomic E-state index is 11.1. The second-order valence-corrected chi connectivity index (χ2v) is 2.69. The molecular formula is C9H7NO2. The van der Waals surface area contributed by atoms with Crippen molar-refractivity contribution in [2.45, 2.75) is 5.92 Å². The average Bonchev–Trinajstić information content (AvgIpc) is 2.40. The van der Waals surface area contributed by atoms with Gasteiger partial charge in [-0.25, -0.2) is 0 Å². The Kier molecular flexibility index (Phi) is 1.43. The van der Waals surface area contributed by atoms with Gasteiger partial charge >= 0.3 is 0 Å². The normalized spacial score (nSPS) is 20.0. The number of para-hydroxylation sites is 1.